The number of anilines is 1. The zero-order valence-electron chi connectivity index (χ0n) is 10.2. The molecule has 2 aromatic rings. The molecule has 0 aliphatic rings. The first-order valence-electron chi connectivity index (χ1n) is 5.48. The Hall–Kier alpha value is -1.58. The molecule has 2 heterocycles. The van der Waals surface area contributed by atoms with Crippen LogP contribution in [0.15, 0.2) is 10.5 Å². The van der Waals surface area contributed by atoms with Gasteiger partial charge in [-0.25, -0.2) is 9.97 Å². The van der Waals surface area contributed by atoms with Crippen LogP contribution in [-0.4, -0.2) is 9.97 Å². The summed E-state index contributed by atoms with van der Waals surface area (Å²) in [5.74, 6) is 0.697. The van der Waals surface area contributed by atoms with E-state index >= 15 is 0 Å². The Balaban J connectivity index is 2.63. The lowest BCUT2D eigenvalue weighted by Crippen LogP contribution is -2.10. The number of rotatable bonds is 1. The average Bonchev–Trinajstić information content (AvgIpc) is 2.58. The summed E-state index contributed by atoms with van der Waals surface area (Å²) in [5.41, 5.74) is 8.63. The van der Waals surface area contributed by atoms with Gasteiger partial charge >= 0.3 is 0 Å². The second kappa shape index (κ2) is 3.47. The third-order valence-corrected chi connectivity index (χ3v) is 2.47. The quantitative estimate of drug-likeness (QED) is 0.800. The van der Waals surface area contributed by atoms with Crippen LogP contribution in [0.2, 0.25) is 0 Å². The zero-order chi connectivity index (χ0) is 11.9. The van der Waals surface area contributed by atoms with Crippen molar-refractivity contribution in [1.29, 1.82) is 0 Å². The molecule has 4 nitrogen and oxygen atoms in total. The number of nitrogen functional groups attached to an aromatic ring is 1. The molecule has 0 saturated heterocycles. The van der Waals surface area contributed by atoms with Crippen LogP contribution in [0.5, 0.6) is 0 Å². The van der Waals surface area contributed by atoms with Crippen molar-refractivity contribution in [2.45, 2.75) is 39.5 Å². The fourth-order valence-electron chi connectivity index (χ4n) is 1.52. The van der Waals surface area contributed by atoms with E-state index in [9.17, 15) is 0 Å². The average molecular weight is 219 g/mol. The summed E-state index contributed by atoms with van der Waals surface area (Å²) < 4.78 is 5.65. The fraction of sp³-hybridized carbons (Fsp3) is 0.500. The molecule has 0 aliphatic heterocycles. The molecule has 0 spiro atoms. The predicted octanol–water partition coefficient (Wildman–Crippen LogP) is 2.66. The molecule has 0 aliphatic carbocycles. The number of pyridine rings is 1. The lowest BCUT2D eigenvalue weighted by Gasteiger charge is -2.11. The SMILES string of the molecule is CCc1nc2oc(C(C)(C)C)nc2cc1N. The topological polar surface area (TPSA) is 64.9 Å². The van der Waals surface area contributed by atoms with E-state index in [1.807, 2.05) is 13.0 Å². The third-order valence-electron chi connectivity index (χ3n) is 2.47. The highest BCUT2D eigenvalue weighted by molar-refractivity contribution is 5.73. The monoisotopic (exact) mass is 219 g/mol. The third kappa shape index (κ3) is 1.75. The van der Waals surface area contributed by atoms with Gasteiger partial charge in [-0.15, -0.1) is 0 Å². The number of aromatic nitrogens is 2. The van der Waals surface area contributed by atoms with E-state index in [1.54, 1.807) is 0 Å². The van der Waals surface area contributed by atoms with Crippen LogP contribution < -0.4 is 5.73 Å². The number of hydrogen-bond acceptors (Lipinski definition) is 4. The van der Waals surface area contributed by atoms with Crippen molar-refractivity contribution in [3.63, 3.8) is 0 Å². The normalized spacial score (nSPS) is 12.2. The van der Waals surface area contributed by atoms with Crippen molar-refractivity contribution < 1.29 is 4.42 Å². The van der Waals surface area contributed by atoms with Gasteiger partial charge in [0, 0.05) is 5.41 Å². The molecule has 0 atom stereocenters. The standard InChI is InChI=1S/C12H17N3O/c1-5-8-7(13)6-9-10(14-8)16-11(15-9)12(2,3)4/h6H,5,13H2,1-4H3. The van der Waals surface area contributed by atoms with Crippen LogP contribution in [0.4, 0.5) is 5.69 Å². The van der Waals surface area contributed by atoms with E-state index in [-0.39, 0.29) is 5.41 Å². The second-order valence-electron chi connectivity index (χ2n) is 4.97. The highest BCUT2D eigenvalue weighted by atomic mass is 16.4. The van der Waals surface area contributed by atoms with Crippen molar-refractivity contribution in [2.75, 3.05) is 5.73 Å². The van der Waals surface area contributed by atoms with Crippen LogP contribution in [-0.2, 0) is 11.8 Å². The molecule has 4 heteroatoms. The fourth-order valence-corrected chi connectivity index (χ4v) is 1.52. The summed E-state index contributed by atoms with van der Waals surface area (Å²) in [6.07, 6.45) is 0.799. The van der Waals surface area contributed by atoms with Crippen molar-refractivity contribution in [1.82, 2.24) is 9.97 Å². The van der Waals surface area contributed by atoms with Crippen molar-refractivity contribution >= 4 is 16.9 Å². The Morgan fingerprint density at radius 2 is 2.00 bits per heavy atom. The van der Waals surface area contributed by atoms with Gasteiger partial charge in [0.05, 0.1) is 11.4 Å². The van der Waals surface area contributed by atoms with Gasteiger partial charge in [-0.1, -0.05) is 27.7 Å². The predicted molar refractivity (Wildman–Crippen MR) is 64.3 cm³/mol. The Bertz CT molecular complexity index is 523. The molecule has 0 bridgehead atoms. The number of nitrogens with two attached hydrogens (primary N) is 1. The molecular weight excluding hydrogens is 202 g/mol. The summed E-state index contributed by atoms with van der Waals surface area (Å²) in [4.78, 5) is 8.78. The first-order chi connectivity index (χ1) is 7.41. The molecule has 0 fully saturated rings. The highest BCUT2D eigenvalue weighted by Gasteiger charge is 2.21. The van der Waals surface area contributed by atoms with Gasteiger partial charge in [-0.3, -0.25) is 0 Å². The number of hydrogen-bond donors (Lipinski definition) is 1. The number of fused-ring (bicyclic) bond motifs is 1. The zero-order valence-corrected chi connectivity index (χ0v) is 10.2. The lowest BCUT2D eigenvalue weighted by atomic mass is 9.97. The van der Waals surface area contributed by atoms with Crippen LogP contribution >= 0.6 is 0 Å². The van der Waals surface area contributed by atoms with Crippen molar-refractivity contribution in [2.24, 2.45) is 0 Å². The smallest absolute Gasteiger partial charge is 0.247 e. The van der Waals surface area contributed by atoms with Gasteiger partial charge < -0.3 is 10.2 Å². The van der Waals surface area contributed by atoms with Gasteiger partial charge in [0.2, 0.25) is 11.6 Å². The van der Waals surface area contributed by atoms with Gasteiger partial charge in [0.25, 0.3) is 0 Å². The number of aryl methyl sites for hydroxylation is 1. The molecule has 0 saturated carbocycles. The van der Waals surface area contributed by atoms with E-state index < -0.39 is 0 Å². The van der Waals surface area contributed by atoms with Crippen molar-refractivity contribution in [3.05, 3.63) is 17.7 Å². The Morgan fingerprint density at radius 3 is 2.56 bits per heavy atom. The lowest BCUT2D eigenvalue weighted by molar-refractivity contribution is 0.407. The summed E-state index contributed by atoms with van der Waals surface area (Å²) in [6, 6.07) is 1.83. The number of nitrogens with zero attached hydrogens (tertiary/aromatic N) is 2. The van der Waals surface area contributed by atoms with E-state index in [4.69, 9.17) is 10.2 Å². The first kappa shape index (κ1) is 10.9. The summed E-state index contributed by atoms with van der Waals surface area (Å²) in [5, 5.41) is 0. The minimum Gasteiger partial charge on any atom is -0.422 e. The molecule has 2 N–H and O–H groups in total. The van der Waals surface area contributed by atoms with Crippen LogP contribution in [0.3, 0.4) is 0 Å². The number of oxazole rings is 1. The second-order valence-corrected chi connectivity index (χ2v) is 4.97. The Kier molecular flexibility index (Phi) is 2.37. The molecule has 0 amide bonds. The van der Waals surface area contributed by atoms with E-state index in [2.05, 4.69) is 30.7 Å². The van der Waals surface area contributed by atoms with Gasteiger partial charge in [0.1, 0.15) is 5.52 Å². The van der Waals surface area contributed by atoms with Crippen molar-refractivity contribution in [3.8, 4) is 0 Å². The van der Waals surface area contributed by atoms with Crippen LogP contribution in [0, 0.1) is 0 Å². The maximum absolute atomic E-state index is 5.87. The minimum atomic E-state index is -0.109. The molecular formula is C12H17N3O. The molecule has 0 radical (unpaired) electrons. The highest BCUT2D eigenvalue weighted by Crippen LogP contribution is 2.26. The van der Waals surface area contributed by atoms with Crippen LogP contribution in [0.25, 0.3) is 11.2 Å². The largest absolute Gasteiger partial charge is 0.422 e. The van der Waals surface area contributed by atoms with Gasteiger partial charge in [-0.2, -0.15) is 0 Å². The van der Waals surface area contributed by atoms with E-state index in [1.165, 1.54) is 0 Å². The molecule has 0 aromatic carbocycles. The molecule has 0 unspecified atom stereocenters. The van der Waals surface area contributed by atoms with Crippen LogP contribution in [0.1, 0.15) is 39.3 Å². The minimum absolute atomic E-state index is 0.109. The van der Waals surface area contributed by atoms with Gasteiger partial charge in [-0.05, 0) is 12.5 Å². The first-order valence-corrected chi connectivity index (χ1v) is 5.48. The van der Waals surface area contributed by atoms with Gasteiger partial charge in [0.15, 0.2) is 0 Å². The summed E-state index contributed by atoms with van der Waals surface area (Å²) in [6.45, 7) is 8.19. The summed E-state index contributed by atoms with van der Waals surface area (Å²) in [7, 11) is 0. The van der Waals surface area contributed by atoms with E-state index in [0.717, 1.165) is 17.6 Å². The molecule has 2 aromatic heterocycles. The van der Waals surface area contributed by atoms with E-state index in [0.29, 0.717) is 17.3 Å². The molecule has 2 rings (SSSR count). The Labute approximate surface area is 94.9 Å². The summed E-state index contributed by atoms with van der Waals surface area (Å²) >= 11 is 0. The Morgan fingerprint density at radius 1 is 1.31 bits per heavy atom. The maximum Gasteiger partial charge on any atom is 0.247 e. The molecule has 16 heavy (non-hydrogen) atoms. The maximum atomic E-state index is 5.87. The molecule has 86 valence electrons.